The summed E-state index contributed by atoms with van der Waals surface area (Å²) in [6.45, 7) is 6.98. The van der Waals surface area contributed by atoms with Crippen molar-refractivity contribution in [2.75, 3.05) is 6.54 Å². The number of imidazole rings is 1. The van der Waals surface area contributed by atoms with Gasteiger partial charge in [-0.3, -0.25) is 4.90 Å². The highest BCUT2D eigenvalue weighted by molar-refractivity contribution is 7.71. The van der Waals surface area contributed by atoms with Crippen molar-refractivity contribution in [1.29, 1.82) is 0 Å². The van der Waals surface area contributed by atoms with Gasteiger partial charge in [0.1, 0.15) is 0 Å². The van der Waals surface area contributed by atoms with Gasteiger partial charge in [-0.2, -0.15) is 0 Å². The van der Waals surface area contributed by atoms with Crippen molar-refractivity contribution in [3.05, 3.63) is 39.6 Å². The second-order valence-electron chi connectivity index (χ2n) is 5.31. The molecule has 0 spiro atoms. The summed E-state index contributed by atoms with van der Waals surface area (Å²) >= 11 is 11.9. The Morgan fingerprint density at radius 2 is 2.30 bits per heavy atom. The lowest BCUT2D eigenvalue weighted by Crippen LogP contribution is -2.34. The molecule has 3 rings (SSSR count). The third-order valence-electron chi connectivity index (χ3n) is 3.99. The fourth-order valence-electron chi connectivity index (χ4n) is 2.85. The predicted molar refractivity (Wildman–Crippen MR) is 86.8 cm³/mol. The van der Waals surface area contributed by atoms with Crippen molar-refractivity contribution < 1.29 is 0 Å². The lowest BCUT2D eigenvalue weighted by molar-refractivity contribution is 0.210. The van der Waals surface area contributed by atoms with E-state index in [2.05, 4.69) is 40.5 Å². The highest BCUT2D eigenvalue weighted by Gasteiger charge is 2.23. The van der Waals surface area contributed by atoms with Crippen LogP contribution >= 0.6 is 23.8 Å². The third-order valence-corrected chi connectivity index (χ3v) is 4.67. The van der Waals surface area contributed by atoms with E-state index in [9.17, 15) is 0 Å². The van der Waals surface area contributed by atoms with E-state index in [0.29, 0.717) is 6.04 Å². The molecule has 1 aromatic carbocycles. The molecule has 1 aromatic heterocycles. The van der Waals surface area contributed by atoms with Gasteiger partial charge in [-0.25, -0.2) is 0 Å². The molecule has 5 heteroatoms. The van der Waals surface area contributed by atoms with Crippen LogP contribution in [0.2, 0.25) is 5.02 Å². The van der Waals surface area contributed by atoms with E-state index in [1.165, 1.54) is 5.56 Å². The maximum absolute atomic E-state index is 6.43. The first-order valence-corrected chi connectivity index (χ1v) is 7.65. The van der Waals surface area contributed by atoms with Crippen LogP contribution in [0.5, 0.6) is 0 Å². The maximum atomic E-state index is 6.43. The summed E-state index contributed by atoms with van der Waals surface area (Å²) in [7, 11) is 0. The first kappa shape index (κ1) is 13.9. The van der Waals surface area contributed by atoms with Crippen LogP contribution in [0.3, 0.4) is 0 Å². The zero-order chi connectivity index (χ0) is 14.3. The minimum absolute atomic E-state index is 0.417. The second-order valence-corrected chi connectivity index (χ2v) is 6.10. The number of aromatic amines is 1. The monoisotopic (exact) mass is 307 g/mol. The summed E-state index contributed by atoms with van der Waals surface area (Å²) in [6.07, 6.45) is 4.28. The molecule has 0 radical (unpaired) electrons. The lowest BCUT2D eigenvalue weighted by Gasteiger charge is -2.26. The number of nitrogens with zero attached hydrogens (tertiary/aromatic N) is 2. The van der Waals surface area contributed by atoms with Crippen LogP contribution < -0.4 is 0 Å². The van der Waals surface area contributed by atoms with Gasteiger partial charge in [0.05, 0.1) is 11.0 Å². The Hall–Kier alpha value is -1.10. The first-order valence-electron chi connectivity index (χ1n) is 6.87. The fourth-order valence-corrected chi connectivity index (χ4v) is 3.34. The van der Waals surface area contributed by atoms with Crippen molar-refractivity contribution in [3.8, 4) is 0 Å². The maximum Gasteiger partial charge on any atom is 0.178 e. The van der Waals surface area contributed by atoms with Crippen molar-refractivity contribution in [3.63, 3.8) is 0 Å². The number of nitrogens with one attached hydrogen (secondary N) is 1. The Morgan fingerprint density at radius 1 is 1.50 bits per heavy atom. The van der Waals surface area contributed by atoms with E-state index in [0.717, 1.165) is 40.5 Å². The van der Waals surface area contributed by atoms with E-state index in [1.54, 1.807) is 0 Å². The van der Waals surface area contributed by atoms with E-state index >= 15 is 0 Å². The Kier molecular flexibility index (Phi) is 3.71. The molecule has 1 aliphatic heterocycles. The minimum atomic E-state index is 0.417. The number of benzene rings is 1. The van der Waals surface area contributed by atoms with E-state index in [1.807, 2.05) is 12.1 Å². The average Bonchev–Trinajstić information content (AvgIpc) is 2.64. The predicted octanol–water partition coefficient (Wildman–Crippen LogP) is 4.13. The van der Waals surface area contributed by atoms with Crippen molar-refractivity contribution in [2.45, 2.75) is 33.0 Å². The molecule has 0 aliphatic carbocycles. The lowest BCUT2D eigenvalue weighted by atomic mass is 10.1. The van der Waals surface area contributed by atoms with Crippen molar-refractivity contribution in [2.24, 2.45) is 0 Å². The topological polar surface area (TPSA) is 24.0 Å². The summed E-state index contributed by atoms with van der Waals surface area (Å²) in [5, 5.41) is 0.819. The molecule has 1 aliphatic rings. The Bertz CT molecular complexity index is 729. The van der Waals surface area contributed by atoms with Gasteiger partial charge in [-0.15, -0.1) is 0 Å². The summed E-state index contributed by atoms with van der Waals surface area (Å²) in [5.74, 6) is 0. The molecule has 0 fully saturated rings. The van der Waals surface area contributed by atoms with Crippen LogP contribution in [0, 0.1) is 4.77 Å². The number of aromatic nitrogens is 2. The average molecular weight is 308 g/mol. The molecular formula is C15H18ClN3S. The summed E-state index contributed by atoms with van der Waals surface area (Å²) in [4.78, 5) is 5.71. The van der Waals surface area contributed by atoms with Crippen LogP contribution in [-0.4, -0.2) is 27.0 Å². The Balaban J connectivity index is 2.17. The molecule has 0 bridgehead atoms. The van der Waals surface area contributed by atoms with Gasteiger partial charge in [0, 0.05) is 36.3 Å². The van der Waals surface area contributed by atoms with Gasteiger partial charge in [-0.05, 0) is 38.2 Å². The molecule has 2 heterocycles. The normalized spacial score (nSPS) is 19.9. The van der Waals surface area contributed by atoms with Crippen LogP contribution in [0.1, 0.15) is 19.4 Å². The number of H-pyrrole nitrogens is 1. The largest absolute Gasteiger partial charge is 0.331 e. The number of rotatable bonds is 2. The number of hydrogen-bond donors (Lipinski definition) is 1. The van der Waals surface area contributed by atoms with E-state index < -0.39 is 0 Å². The third kappa shape index (κ3) is 2.22. The van der Waals surface area contributed by atoms with Crippen LogP contribution in [0.4, 0.5) is 0 Å². The number of hydrogen-bond acceptors (Lipinski definition) is 2. The van der Waals surface area contributed by atoms with Gasteiger partial charge in [-0.1, -0.05) is 23.8 Å². The van der Waals surface area contributed by atoms with Gasteiger partial charge < -0.3 is 9.55 Å². The molecule has 1 N–H and O–H groups in total. The standard InChI is InChI=1S/C15H18ClN3S/c1-3-4-7-18-9-11-12(16)5-6-13-14(11)19(8-10(18)2)15(20)17-13/h3-6,10H,7-9H2,1-2H3,(H,17,20)/b4-3-/t10-/m0/s1. The van der Waals surface area contributed by atoms with Crippen LogP contribution in [0.15, 0.2) is 24.3 Å². The summed E-state index contributed by atoms with van der Waals surface area (Å²) in [6, 6.07) is 4.39. The molecule has 3 nitrogen and oxygen atoms in total. The molecule has 0 saturated carbocycles. The number of halogens is 1. The molecule has 20 heavy (non-hydrogen) atoms. The smallest absolute Gasteiger partial charge is 0.178 e. The summed E-state index contributed by atoms with van der Waals surface area (Å²) in [5.41, 5.74) is 3.41. The van der Waals surface area contributed by atoms with Gasteiger partial charge in [0.25, 0.3) is 0 Å². The molecule has 0 unspecified atom stereocenters. The minimum Gasteiger partial charge on any atom is -0.331 e. The molecule has 2 aromatic rings. The first-order chi connectivity index (χ1) is 9.61. The van der Waals surface area contributed by atoms with Crippen LogP contribution in [0.25, 0.3) is 11.0 Å². The molecule has 1 atom stereocenters. The highest BCUT2D eigenvalue weighted by Crippen LogP contribution is 2.30. The van der Waals surface area contributed by atoms with Gasteiger partial charge >= 0.3 is 0 Å². The van der Waals surface area contributed by atoms with E-state index in [4.69, 9.17) is 23.8 Å². The van der Waals surface area contributed by atoms with Crippen LogP contribution in [-0.2, 0) is 13.1 Å². The second kappa shape index (κ2) is 5.35. The highest BCUT2D eigenvalue weighted by atomic mass is 35.5. The molecule has 0 amide bonds. The van der Waals surface area contributed by atoms with Crippen molar-refractivity contribution >= 4 is 34.9 Å². The molecule has 106 valence electrons. The molecular weight excluding hydrogens is 290 g/mol. The quantitative estimate of drug-likeness (QED) is 0.666. The zero-order valence-corrected chi connectivity index (χ0v) is 13.3. The van der Waals surface area contributed by atoms with Gasteiger partial charge in [0.15, 0.2) is 4.77 Å². The zero-order valence-electron chi connectivity index (χ0n) is 11.7. The van der Waals surface area contributed by atoms with Gasteiger partial charge in [0.2, 0.25) is 0 Å². The van der Waals surface area contributed by atoms with E-state index in [-0.39, 0.29) is 0 Å². The van der Waals surface area contributed by atoms with Crippen molar-refractivity contribution in [1.82, 2.24) is 14.5 Å². The number of allylic oxidation sites excluding steroid dienone is 1. The Morgan fingerprint density at radius 3 is 3.05 bits per heavy atom. The SMILES string of the molecule is C/C=C\CN1Cc2c(Cl)ccc3[nH]c(=S)n(c23)C[C@@H]1C. The fraction of sp³-hybridized carbons (Fsp3) is 0.400. The Labute approximate surface area is 128 Å². The molecule has 0 saturated heterocycles. The summed E-state index contributed by atoms with van der Waals surface area (Å²) < 4.78 is 2.97.